The summed E-state index contributed by atoms with van der Waals surface area (Å²) in [4.78, 5) is 25.1. The van der Waals surface area contributed by atoms with Gasteiger partial charge >= 0.3 is 6.18 Å². The van der Waals surface area contributed by atoms with E-state index in [0.717, 1.165) is 18.3 Å². The van der Waals surface area contributed by atoms with Crippen LogP contribution in [0.25, 0.3) is 33.2 Å². The molecule has 0 aliphatic carbocycles. The Balaban J connectivity index is 1.61. The van der Waals surface area contributed by atoms with Crippen molar-refractivity contribution in [3.05, 3.63) is 95.6 Å². The third-order valence-corrected chi connectivity index (χ3v) is 6.12. The Kier molecular flexibility index (Phi) is 6.35. The number of carbonyl (C=O) groups is 1. The summed E-state index contributed by atoms with van der Waals surface area (Å²) in [7, 11) is 0. The van der Waals surface area contributed by atoms with Crippen LogP contribution in [0.5, 0.6) is 5.75 Å². The highest BCUT2D eigenvalue weighted by Crippen LogP contribution is 2.44. The van der Waals surface area contributed by atoms with Crippen molar-refractivity contribution in [1.29, 1.82) is 0 Å². The Labute approximate surface area is 219 Å². The topological polar surface area (TPSA) is 114 Å². The molecule has 0 radical (unpaired) electrons. The first-order valence-electron chi connectivity index (χ1n) is 11.5. The van der Waals surface area contributed by atoms with E-state index in [2.05, 4.69) is 20.3 Å². The number of alkyl halides is 3. The number of pyridine rings is 1. The summed E-state index contributed by atoms with van der Waals surface area (Å²) in [6, 6.07) is 13.3. The minimum absolute atomic E-state index is 0.0175. The summed E-state index contributed by atoms with van der Waals surface area (Å²) >= 11 is 0. The number of anilines is 2. The van der Waals surface area contributed by atoms with Crippen molar-refractivity contribution >= 4 is 28.6 Å². The maximum absolute atomic E-state index is 13.6. The Morgan fingerprint density at radius 1 is 0.974 bits per heavy atom. The van der Waals surface area contributed by atoms with Crippen LogP contribution in [0.15, 0.2) is 73.1 Å². The molecule has 0 atom stereocenters. The van der Waals surface area contributed by atoms with E-state index in [-0.39, 0.29) is 23.1 Å². The predicted molar refractivity (Wildman–Crippen MR) is 138 cm³/mol. The van der Waals surface area contributed by atoms with Crippen molar-refractivity contribution in [2.45, 2.75) is 13.1 Å². The van der Waals surface area contributed by atoms with Gasteiger partial charge in [-0.25, -0.2) is 19.3 Å². The number of nitrogens with zero attached hydrogens (tertiary/aromatic N) is 3. The molecule has 196 valence electrons. The summed E-state index contributed by atoms with van der Waals surface area (Å²) < 4.78 is 52.8. The first-order valence-corrected chi connectivity index (χ1v) is 11.5. The monoisotopic (exact) mass is 533 g/mol. The molecule has 0 saturated carbocycles. The minimum Gasteiger partial charge on any atom is -0.507 e. The van der Waals surface area contributed by atoms with Crippen molar-refractivity contribution in [3.63, 3.8) is 0 Å². The van der Waals surface area contributed by atoms with Gasteiger partial charge in [0, 0.05) is 28.9 Å². The van der Waals surface area contributed by atoms with Crippen molar-refractivity contribution in [2.24, 2.45) is 0 Å². The second-order valence-corrected chi connectivity index (χ2v) is 8.73. The number of aromatic hydroxyl groups is 1. The third kappa shape index (κ3) is 5.06. The van der Waals surface area contributed by atoms with E-state index in [9.17, 15) is 27.5 Å². The second-order valence-electron chi connectivity index (χ2n) is 8.73. The van der Waals surface area contributed by atoms with E-state index >= 15 is 0 Å². The molecule has 0 aliphatic rings. The van der Waals surface area contributed by atoms with Gasteiger partial charge in [-0.05, 0) is 66.1 Å². The number of hydrogen-bond acceptors (Lipinski definition) is 6. The van der Waals surface area contributed by atoms with Gasteiger partial charge in [-0.2, -0.15) is 13.2 Å². The first kappa shape index (κ1) is 25.6. The number of fused-ring (bicyclic) bond motifs is 1. The van der Waals surface area contributed by atoms with Gasteiger partial charge in [0.1, 0.15) is 17.4 Å². The molecule has 0 saturated heterocycles. The molecular formula is C28H19F4N5O2. The van der Waals surface area contributed by atoms with E-state index in [1.807, 2.05) is 0 Å². The SMILES string of the molecule is Cc1ccc(C(=O)Nc2cc(C(F)(F)F)ccn2)cc1-c1cc2cnc(N)nc2c(-c2ccc(F)cc2)c1O. The lowest BCUT2D eigenvalue weighted by Crippen LogP contribution is -2.14. The summed E-state index contributed by atoms with van der Waals surface area (Å²) in [5.41, 5.74) is 7.57. The van der Waals surface area contributed by atoms with Gasteiger partial charge in [0.15, 0.2) is 0 Å². The van der Waals surface area contributed by atoms with E-state index in [4.69, 9.17) is 5.73 Å². The number of phenols is 1. The van der Waals surface area contributed by atoms with E-state index < -0.39 is 23.5 Å². The van der Waals surface area contributed by atoms with E-state index in [1.54, 1.807) is 19.1 Å². The van der Waals surface area contributed by atoms with Crippen LogP contribution in [0.1, 0.15) is 21.5 Å². The molecule has 0 fully saturated rings. The van der Waals surface area contributed by atoms with Crippen LogP contribution in [0.4, 0.5) is 29.3 Å². The fourth-order valence-corrected chi connectivity index (χ4v) is 4.19. The van der Waals surface area contributed by atoms with Gasteiger partial charge in [0.2, 0.25) is 5.95 Å². The fourth-order valence-electron chi connectivity index (χ4n) is 4.19. The van der Waals surface area contributed by atoms with Gasteiger partial charge in [-0.3, -0.25) is 4.79 Å². The van der Waals surface area contributed by atoms with Crippen LogP contribution in [0.3, 0.4) is 0 Å². The molecule has 0 aliphatic heterocycles. The highest BCUT2D eigenvalue weighted by molar-refractivity contribution is 6.06. The fraction of sp³-hybridized carbons (Fsp3) is 0.0714. The van der Waals surface area contributed by atoms with E-state index in [1.165, 1.54) is 42.6 Å². The van der Waals surface area contributed by atoms with Crippen LogP contribution in [0.2, 0.25) is 0 Å². The van der Waals surface area contributed by atoms with E-state index in [0.29, 0.717) is 38.7 Å². The number of halogens is 4. The number of amides is 1. The van der Waals surface area contributed by atoms with Gasteiger partial charge < -0.3 is 16.2 Å². The summed E-state index contributed by atoms with van der Waals surface area (Å²) in [6.45, 7) is 1.77. The maximum Gasteiger partial charge on any atom is 0.416 e. The molecule has 4 N–H and O–H groups in total. The number of aromatic nitrogens is 3. The molecule has 5 aromatic rings. The highest BCUT2D eigenvalue weighted by atomic mass is 19.4. The summed E-state index contributed by atoms with van der Waals surface area (Å²) in [5.74, 6) is -1.63. The maximum atomic E-state index is 13.6. The zero-order chi connectivity index (χ0) is 27.9. The van der Waals surface area contributed by atoms with Crippen molar-refractivity contribution in [3.8, 4) is 28.0 Å². The Hall–Kier alpha value is -5.06. The molecule has 0 bridgehead atoms. The van der Waals surface area contributed by atoms with Crippen LogP contribution < -0.4 is 11.1 Å². The van der Waals surface area contributed by atoms with Crippen LogP contribution in [-0.4, -0.2) is 26.0 Å². The molecule has 2 heterocycles. The molecule has 0 unspecified atom stereocenters. The Morgan fingerprint density at radius 2 is 1.72 bits per heavy atom. The Bertz CT molecular complexity index is 1740. The number of carbonyl (C=O) groups excluding carboxylic acids is 1. The quantitative estimate of drug-likeness (QED) is 0.232. The molecule has 5 rings (SSSR count). The van der Waals surface area contributed by atoms with Crippen LogP contribution in [0, 0.1) is 12.7 Å². The number of nitrogen functional groups attached to an aromatic ring is 1. The molecule has 2 aromatic heterocycles. The number of nitrogens with two attached hydrogens (primary N) is 1. The van der Waals surface area contributed by atoms with Crippen LogP contribution in [-0.2, 0) is 6.18 Å². The van der Waals surface area contributed by atoms with Gasteiger partial charge in [0.05, 0.1) is 16.6 Å². The number of nitrogens with one attached hydrogen (secondary N) is 1. The lowest BCUT2D eigenvalue weighted by atomic mass is 9.91. The Morgan fingerprint density at radius 3 is 2.44 bits per heavy atom. The van der Waals surface area contributed by atoms with Gasteiger partial charge in [-0.1, -0.05) is 18.2 Å². The molecule has 1 amide bonds. The number of benzene rings is 3. The average molecular weight is 533 g/mol. The lowest BCUT2D eigenvalue weighted by Gasteiger charge is -2.16. The van der Waals surface area contributed by atoms with Crippen molar-refractivity contribution < 1.29 is 27.5 Å². The number of hydrogen-bond donors (Lipinski definition) is 3. The number of phenolic OH excluding ortho intramolecular Hbond substituents is 1. The van der Waals surface area contributed by atoms with Gasteiger partial charge in [-0.15, -0.1) is 0 Å². The van der Waals surface area contributed by atoms with Gasteiger partial charge in [0.25, 0.3) is 5.91 Å². The highest BCUT2D eigenvalue weighted by Gasteiger charge is 2.31. The lowest BCUT2D eigenvalue weighted by molar-refractivity contribution is -0.137. The molecule has 0 spiro atoms. The zero-order valence-electron chi connectivity index (χ0n) is 20.2. The molecule has 7 nitrogen and oxygen atoms in total. The number of aryl methyl sites for hydroxylation is 1. The minimum atomic E-state index is -4.59. The predicted octanol–water partition coefficient (Wildman–Crippen LogP) is 6.37. The zero-order valence-corrected chi connectivity index (χ0v) is 20.2. The molecular weight excluding hydrogens is 514 g/mol. The first-order chi connectivity index (χ1) is 18.5. The average Bonchev–Trinajstić information content (AvgIpc) is 2.89. The van der Waals surface area contributed by atoms with Crippen molar-refractivity contribution in [2.75, 3.05) is 11.1 Å². The molecule has 11 heteroatoms. The largest absolute Gasteiger partial charge is 0.507 e. The molecule has 3 aromatic carbocycles. The summed E-state index contributed by atoms with van der Waals surface area (Å²) in [5, 5.41) is 14.3. The third-order valence-electron chi connectivity index (χ3n) is 6.12. The smallest absolute Gasteiger partial charge is 0.416 e. The van der Waals surface area contributed by atoms with Crippen LogP contribution >= 0.6 is 0 Å². The normalized spacial score (nSPS) is 11.5. The second kappa shape index (κ2) is 9.67. The standard InChI is InChI=1S/C28H19F4N5O2/c1-14-2-3-16(26(39)36-22-12-18(8-9-34-22)28(30,31)32)10-20(14)21-11-17-13-35-27(33)37-24(17)23(25(21)38)15-4-6-19(29)7-5-15/h2-13,38H,1H3,(H2,33,35,37)(H,34,36,39). The van der Waals surface area contributed by atoms with Crippen molar-refractivity contribution in [1.82, 2.24) is 15.0 Å². The number of rotatable bonds is 4. The summed E-state index contributed by atoms with van der Waals surface area (Å²) in [6.07, 6.45) is -2.15. The molecule has 39 heavy (non-hydrogen) atoms.